The Morgan fingerprint density at radius 2 is 1.83 bits per heavy atom. The normalized spacial score (nSPS) is 14.3. The van der Waals surface area contributed by atoms with E-state index in [0.29, 0.717) is 42.4 Å². The Hall–Kier alpha value is -4.45. The second-order valence-corrected chi connectivity index (χ2v) is 9.58. The molecule has 0 atom stereocenters. The fourth-order valence-corrected chi connectivity index (χ4v) is 5.08. The molecule has 12 heteroatoms. The van der Waals surface area contributed by atoms with Crippen LogP contribution in [0.4, 0.5) is 13.2 Å². The summed E-state index contributed by atoms with van der Waals surface area (Å²) in [4.78, 5) is 35.3. The number of benzene rings is 2. The molecule has 1 aliphatic heterocycles. The smallest absolute Gasteiger partial charge is 0.433 e. The molecule has 1 fully saturated rings. The van der Waals surface area contributed by atoms with Crippen molar-refractivity contribution in [1.82, 2.24) is 14.9 Å². The maximum Gasteiger partial charge on any atom is 0.433 e. The zero-order valence-electron chi connectivity index (χ0n) is 22.3. The molecular weight excluding hydrogens is 541 g/mol. The Labute approximate surface area is 233 Å². The van der Waals surface area contributed by atoms with Crippen LogP contribution in [0, 0.1) is 0 Å². The van der Waals surface area contributed by atoms with E-state index in [2.05, 4.69) is 9.97 Å². The highest BCUT2D eigenvalue weighted by Crippen LogP contribution is 2.37. The molecule has 9 nitrogen and oxygen atoms in total. The molecule has 0 bridgehead atoms. The van der Waals surface area contributed by atoms with Gasteiger partial charge in [-0.15, -0.1) is 0 Å². The third-order valence-electron chi connectivity index (χ3n) is 7.21. The molecule has 2 N–H and O–H groups in total. The summed E-state index contributed by atoms with van der Waals surface area (Å²) in [6, 6.07) is 12.5. The van der Waals surface area contributed by atoms with Gasteiger partial charge >= 0.3 is 12.1 Å². The predicted octanol–water partition coefficient (Wildman–Crippen LogP) is 5.18. The summed E-state index contributed by atoms with van der Waals surface area (Å²) in [5.41, 5.74) is 6.68. The van der Waals surface area contributed by atoms with Crippen molar-refractivity contribution >= 4 is 22.8 Å². The summed E-state index contributed by atoms with van der Waals surface area (Å²) in [5.74, 6) is -0.240. The number of methoxy groups -OCH3 is 2. The number of oxazole rings is 1. The number of hydrogen-bond acceptors (Lipinski definition) is 8. The molecule has 0 unspecified atom stereocenters. The third-order valence-corrected chi connectivity index (χ3v) is 7.21. The molecule has 0 spiro atoms. The zero-order valence-corrected chi connectivity index (χ0v) is 22.3. The van der Waals surface area contributed by atoms with Crippen molar-refractivity contribution in [2.75, 3.05) is 27.3 Å². The summed E-state index contributed by atoms with van der Waals surface area (Å²) in [5, 5.41) is 0.316. The van der Waals surface area contributed by atoms with Crippen LogP contribution in [0.3, 0.4) is 0 Å². The highest BCUT2D eigenvalue weighted by Gasteiger charge is 2.34. The number of esters is 1. The van der Waals surface area contributed by atoms with Crippen LogP contribution in [0.5, 0.6) is 5.75 Å². The topological polar surface area (TPSA) is 121 Å². The maximum atomic E-state index is 13.5. The number of halogens is 3. The number of likely N-dealkylation sites (tertiary alicyclic amines) is 1. The van der Waals surface area contributed by atoms with Crippen molar-refractivity contribution in [2.45, 2.75) is 31.5 Å². The standard InChI is InChI=1S/C29H27F3N4O5/c1-39-21-8-6-20(19-7-9-23(29(30,31)32)34-24(19)21)26-35-25(22(15-33)41-26)27(37)36-12-10-16(11-13-36)17-4-3-5-18(14-17)28(38)40-2/h3-9,14,16H,10-13,15,33H2,1-2H3. The van der Waals surface area contributed by atoms with Gasteiger partial charge in [0.2, 0.25) is 5.89 Å². The first-order valence-corrected chi connectivity index (χ1v) is 12.9. The van der Waals surface area contributed by atoms with Gasteiger partial charge in [-0.3, -0.25) is 4.79 Å². The van der Waals surface area contributed by atoms with E-state index < -0.39 is 17.8 Å². The van der Waals surface area contributed by atoms with Crippen molar-refractivity contribution in [3.8, 4) is 17.2 Å². The summed E-state index contributed by atoms with van der Waals surface area (Å²) in [6.07, 6.45) is -3.28. The quantitative estimate of drug-likeness (QED) is 0.316. The van der Waals surface area contributed by atoms with Gasteiger partial charge < -0.3 is 24.5 Å². The predicted molar refractivity (Wildman–Crippen MR) is 142 cm³/mol. The van der Waals surface area contributed by atoms with Crippen molar-refractivity contribution in [3.63, 3.8) is 0 Å². The fraction of sp³-hybridized carbons (Fsp3) is 0.310. The molecule has 5 rings (SSSR count). The highest BCUT2D eigenvalue weighted by molar-refractivity contribution is 5.98. The van der Waals surface area contributed by atoms with E-state index in [1.165, 1.54) is 26.4 Å². The first kappa shape index (κ1) is 28.1. The third kappa shape index (κ3) is 5.47. The number of carbonyl (C=O) groups excluding carboxylic acids is 2. The van der Waals surface area contributed by atoms with Crippen molar-refractivity contribution < 1.29 is 36.7 Å². The minimum Gasteiger partial charge on any atom is -0.494 e. The van der Waals surface area contributed by atoms with E-state index in [4.69, 9.17) is 19.6 Å². The van der Waals surface area contributed by atoms with Crippen molar-refractivity contribution in [2.24, 2.45) is 5.73 Å². The number of hydrogen-bond donors (Lipinski definition) is 1. The molecule has 1 amide bonds. The summed E-state index contributed by atoms with van der Waals surface area (Å²) < 4.78 is 55.9. The van der Waals surface area contributed by atoms with Gasteiger partial charge in [0.05, 0.1) is 26.3 Å². The van der Waals surface area contributed by atoms with Crippen LogP contribution >= 0.6 is 0 Å². The SMILES string of the molecule is COC(=O)c1cccc(C2CCN(C(=O)c3nc(-c4ccc(OC)c5nc(C(F)(F)F)ccc45)oc3CN)CC2)c1. The second kappa shape index (κ2) is 11.2. The Morgan fingerprint density at radius 1 is 1.07 bits per heavy atom. The van der Waals surface area contributed by atoms with Gasteiger partial charge in [0.15, 0.2) is 11.5 Å². The Morgan fingerprint density at radius 3 is 2.49 bits per heavy atom. The van der Waals surface area contributed by atoms with Crippen LogP contribution in [0.2, 0.25) is 0 Å². The molecule has 3 heterocycles. The van der Waals surface area contributed by atoms with E-state index in [1.54, 1.807) is 17.0 Å². The summed E-state index contributed by atoms with van der Waals surface area (Å²) >= 11 is 0. The first-order chi connectivity index (χ1) is 19.6. The molecule has 41 heavy (non-hydrogen) atoms. The van der Waals surface area contributed by atoms with Crippen LogP contribution in [-0.2, 0) is 17.5 Å². The van der Waals surface area contributed by atoms with Crippen LogP contribution in [0.25, 0.3) is 22.4 Å². The number of piperidine rings is 1. The zero-order chi connectivity index (χ0) is 29.3. The van der Waals surface area contributed by atoms with Crippen LogP contribution in [-0.4, -0.2) is 54.1 Å². The monoisotopic (exact) mass is 568 g/mol. The number of aromatic nitrogens is 2. The van der Waals surface area contributed by atoms with Gasteiger partial charge in [0, 0.05) is 24.0 Å². The molecule has 4 aromatic rings. The first-order valence-electron chi connectivity index (χ1n) is 12.9. The molecule has 214 valence electrons. The minimum atomic E-state index is -4.64. The largest absolute Gasteiger partial charge is 0.494 e. The number of rotatable bonds is 6. The second-order valence-electron chi connectivity index (χ2n) is 9.58. The lowest BCUT2D eigenvalue weighted by atomic mass is 9.88. The average Bonchev–Trinajstić information content (AvgIpc) is 3.43. The number of amides is 1. The number of alkyl halides is 3. The van der Waals surface area contributed by atoms with Crippen molar-refractivity contribution in [1.29, 1.82) is 0 Å². The molecule has 2 aromatic carbocycles. The Balaban J connectivity index is 1.40. The molecule has 0 radical (unpaired) electrons. The molecular formula is C29H27F3N4O5. The van der Waals surface area contributed by atoms with Crippen molar-refractivity contribution in [3.05, 3.63) is 76.8 Å². The van der Waals surface area contributed by atoms with Gasteiger partial charge in [0.25, 0.3) is 5.91 Å². The summed E-state index contributed by atoms with van der Waals surface area (Å²) in [7, 11) is 2.67. The van der Waals surface area contributed by atoms with Gasteiger partial charge in [-0.05, 0) is 60.7 Å². The number of ether oxygens (including phenoxy) is 2. The lowest BCUT2D eigenvalue weighted by Crippen LogP contribution is -2.38. The van der Waals surface area contributed by atoms with Gasteiger partial charge in [-0.25, -0.2) is 14.8 Å². The minimum absolute atomic E-state index is 0.0152. The van der Waals surface area contributed by atoms with E-state index >= 15 is 0 Å². The number of nitrogens with zero attached hydrogens (tertiary/aromatic N) is 3. The molecule has 2 aromatic heterocycles. The van der Waals surface area contributed by atoms with Gasteiger partial charge in [-0.1, -0.05) is 12.1 Å². The Bertz CT molecular complexity index is 1610. The van der Waals surface area contributed by atoms with Crippen LogP contribution in [0.1, 0.15) is 56.6 Å². The number of carbonyl (C=O) groups is 2. The van der Waals surface area contributed by atoms with Gasteiger partial charge in [-0.2, -0.15) is 13.2 Å². The van der Waals surface area contributed by atoms with E-state index in [9.17, 15) is 22.8 Å². The molecule has 1 saturated heterocycles. The molecule has 1 aliphatic rings. The average molecular weight is 569 g/mol. The highest BCUT2D eigenvalue weighted by atomic mass is 19.4. The van der Waals surface area contributed by atoms with Crippen LogP contribution < -0.4 is 10.5 Å². The lowest BCUT2D eigenvalue weighted by molar-refractivity contribution is -0.140. The maximum absolute atomic E-state index is 13.5. The van der Waals surface area contributed by atoms with E-state index in [1.807, 2.05) is 18.2 Å². The van der Waals surface area contributed by atoms with E-state index in [-0.39, 0.29) is 47.0 Å². The lowest BCUT2D eigenvalue weighted by Gasteiger charge is -2.32. The summed E-state index contributed by atoms with van der Waals surface area (Å²) in [6.45, 7) is 0.803. The Kier molecular flexibility index (Phi) is 7.68. The molecule has 0 saturated carbocycles. The van der Waals surface area contributed by atoms with E-state index in [0.717, 1.165) is 11.6 Å². The molecule has 0 aliphatic carbocycles. The van der Waals surface area contributed by atoms with Gasteiger partial charge in [0.1, 0.15) is 17.0 Å². The number of pyridine rings is 1. The van der Waals surface area contributed by atoms with Crippen LogP contribution in [0.15, 0.2) is 52.9 Å². The fourth-order valence-electron chi connectivity index (χ4n) is 5.08. The number of fused-ring (bicyclic) bond motifs is 1. The number of nitrogens with two attached hydrogens (primary N) is 1.